The second kappa shape index (κ2) is 5.54. The number of nitrogens with zero attached hydrogens (tertiary/aromatic N) is 2. The van der Waals surface area contributed by atoms with Crippen molar-refractivity contribution in [2.24, 2.45) is 9.98 Å². The van der Waals surface area contributed by atoms with E-state index in [1.54, 1.807) is 0 Å². The number of benzodiazepines with no additional fused rings is 1. The molecule has 0 atom stereocenters. The molecule has 0 unspecified atom stereocenters. The van der Waals surface area contributed by atoms with Crippen molar-refractivity contribution in [2.45, 2.75) is 0 Å². The molecular formula is C17H14ClN3. The van der Waals surface area contributed by atoms with Crippen LogP contribution in [-0.4, -0.2) is 19.0 Å². The van der Waals surface area contributed by atoms with Crippen molar-refractivity contribution in [3.63, 3.8) is 0 Å². The first-order chi connectivity index (χ1) is 10.2. The number of aliphatic imine (C=N–C) groups is 2. The summed E-state index contributed by atoms with van der Waals surface area (Å²) >= 11 is 6.33. The van der Waals surface area contributed by atoms with Crippen LogP contribution in [0.1, 0.15) is 11.1 Å². The second-order valence-corrected chi connectivity index (χ2v) is 5.17. The monoisotopic (exact) mass is 295 g/mol. The van der Waals surface area contributed by atoms with Gasteiger partial charge in [0.1, 0.15) is 0 Å². The lowest BCUT2D eigenvalue weighted by molar-refractivity contribution is 1.16. The van der Waals surface area contributed by atoms with E-state index in [4.69, 9.17) is 11.6 Å². The summed E-state index contributed by atoms with van der Waals surface area (Å²) in [5.74, 6) is 0. The van der Waals surface area contributed by atoms with Gasteiger partial charge in [-0.25, -0.2) is 0 Å². The van der Waals surface area contributed by atoms with Gasteiger partial charge in [-0.1, -0.05) is 36.4 Å². The highest BCUT2D eigenvalue weighted by atomic mass is 35.5. The first-order valence-electron chi connectivity index (χ1n) is 6.54. The van der Waals surface area contributed by atoms with Gasteiger partial charge < -0.3 is 5.32 Å². The fraction of sp³-hybridized carbons (Fsp3) is 0.0588. The zero-order valence-corrected chi connectivity index (χ0v) is 12.2. The number of hydrogen-bond donors (Lipinski definition) is 1. The van der Waals surface area contributed by atoms with Gasteiger partial charge in [-0.3, -0.25) is 9.98 Å². The molecule has 1 aliphatic rings. The summed E-state index contributed by atoms with van der Waals surface area (Å²) in [6.07, 6.45) is 0. The van der Waals surface area contributed by atoms with E-state index in [9.17, 15) is 0 Å². The van der Waals surface area contributed by atoms with Gasteiger partial charge in [-0.15, -0.1) is 0 Å². The van der Waals surface area contributed by atoms with Crippen LogP contribution in [0.5, 0.6) is 0 Å². The molecule has 1 N–H and O–H groups in total. The topological polar surface area (TPSA) is 36.8 Å². The van der Waals surface area contributed by atoms with Crippen molar-refractivity contribution < 1.29 is 0 Å². The minimum atomic E-state index is 0.506. The molecule has 0 saturated carbocycles. The number of anilines is 1. The Morgan fingerprint density at radius 1 is 1.14 bits per heavy atom. The van der Waals surface area contributed by atoms with Crippen LogP contribution < -0.4 is 5.32 Å². The Labute approximate surface area is 128 Å². The highest BCUT2D eigenvalue weighted by molar-refractivity contribution is 6.36. The zero-order valence-electron chi connectivity index (χ0n) is 11.4. The maximum atomic E-state index is 6.33. The maximum Gasteiger partial charge on any atom is 0.0791 e. The minimum Gasteiger partial charge on any atom is -0.357 e. The lowest BCUT2D eigenvalue weighted by Gasteiger charge is -2.12. The number of hydrogen-bond acceptors (Lipinski definition) is 3. The summed E-state index contributed by atoms with van der Waals surface area (Å²) < 4.78 is 0. The first-order valence-corrected chi connectivity index (χ1v) is 6.92. The van der Waals surface area contributed by atoms with E-state index < -0.39 is 0 Å². The summed E-state index contributed by atoms with van der Waals surface area (Å²) in [7, 11) is 0. The molecule has 3 nitrogen and oxygen atoms in total. The van der Waals surface area contributed by atoms with Crippen molar-refractivity contribution in [2.75, 3.05) is 11.9 Å². The highest BCUT2D eigenvalue weighted by Crippen LogP contribution is 2.30. The number of benzene rings is 2. The van der Waals surface area contributed by atoms with Crippen LogP contribution in [0, 0.1) is 0 Å². The number of fused-ring (bicyclic) bond motifs is 1. The Kier molecular flexibility index (Phi) is 3.59. The summed E-state index contributed by atoms with van der Waals surface area (Å²) in [6.45, 7) is 8.06. The van der Waals surface area contributed by atoms with Crippen molar-refractivity contribution in [1.29, 1.82) is 0 Å². The Morgan fingerprint density at radius 2 is 1.95 bits per heavy atom. The molecule has 3 rings (SSSR count). The molecule has 0 amide bonds. The fourth-order valence-electron chi connectivity index (χ4n) is 2.31. The third kappa shape index (κ3) is 2.60. The van der Waals surface area contributed by atoms with Gasteiger partial charge in [-0.2, -0.15) is 0 Å². The Morgan fingerprint density at radius 3 is 2.71 bits per heavy atom. The van der Waals surface area contributed by atoms with Gasteiger partial charge >= 0.3 is 0 Å². The maximum absolute atomic E-state index is 6.33. The molecule has 2 aromatic rings. The van der Waals surface area contributed by atoms with Crippen LogP contribution in [0.15, 0.2) is 64.7 Å². The molecule has 0 radical (unpaired) electrons. The highest BCUT2D eigenvalue weighted by Gasteiger charge is 2.18. The van der Waals surface area contributed by atoms with Gasteiger partial charge in [0.2, 0.25) is 0 Å². The van der Waals surface area contributed by atoms with Crippen LogP contribution in [-0.2, 0) is 0 Å². The van der Waals surface area contributed by atoms with Gasteiger partial charge in [0, 0.05) is 27.5 Å². The zero-order chi connectivity index (χ0) is 14.8. The number of nitrogens with one attached hydrogen (secondary N) is 1. The van der Waals surface area contributed by atoms with E-state index in [0.29, 0.717) is 11.6 Å². The summed E-state index contributed by atoms with van der Waals surface area (Å²) in [6, 6.07) is 13.5. The summed E-state index contributed by atoms with van der Waals surface area (Å²) in [5, 5.41) is 3.95. The number of rotatable bonds is 2. The van der Waals surface area contributed by atoms with Crippen LogP contribution >= 0.6 is 11.6 Å². The Hall–Kier alpha value is -2.39. The minimum absolute atomic E-state index is 0.506. The molecular weight excluding hydrogens is 282 g/mol. The van der Waals surface area contributed by atoms with Crippen molar-refractivity contribution in [3.8, 4) is 0 Å². The van der Waals surface area contributed by atoms with E-state index in [1.165, 1.54) is 0 Å². The van der Waals surface area contributed by atoms with Crippen molar-refractivity contribution >= 4 is 35.4 Å². The third-order valence-corrected chi connectivity index (χ3v) is 3.64. The Bertz CT molecular complexity index is 762. The molecule has 4 heteroatoms. The quantitative estimate of drug-likeness (QED) is 0.817. The molecule has 2 aromatic carbocycles. The molecule has 1 heterocycles. The summed E-state index contributed by atoms with van der Waals surface area (Å²) in [5.41, 5.74) is 5.28. The van der Waals surface area contributed by atoms with Crippen LogP contribution in [0.2, 0.25) is 5.02 Å². The molecule has 0 bridgehead atoms. The standard InChI is InChI=1S/C17H14ClN3/c1-11-10-20-17(13-5-3-4-6-15(13)18)14-9-12(19-2)7-8-16(14)21-11/h3-9,21H,1-2,10H2. The van der Waals surface area contributed by atoms with Crippen LogP contribution in [0.4, 0.5) is 11.4 Å². The molecule has 0 spiro atoms. The molecule has 0 saturated heterocycles. The van der Waals surface area contributed by atoms with E-state index in [2.05, 4.69) is 28.6 Å². The van der Waals surface area contributed by atoms with Crippen LogP contribution in [0.3, 0.4) is 0 Å². The molecule has 0 fully saturated rings. The first kappa shape index (κ1) is 13.6. The molecule has 21 heavy (non-hydrogen) atoms. The molecule has 1 aliphatic heterocycles. The van der Waals surface area contributed by atoms with Crippen LogP contribution in [0.25, 0.3) is 0 Å². The lowest BCUT2D eigenvalue weighted by Crippen LogP contribution is -2.05. The molecule has 0 aliphatic carbocycles. The predicted molar refractivity (Wildman–Crippen MR) is 90.4 cm³/mol. The smallest absolute Gasteiger partial charge is 0.0791 e. The van der Waals surface area contributed by atoms with E-state index >= 15 is 0 Å². The predicted octanol–water partition coefficient (Wildman–Crippen LogP) is 4.45. The van der Waals surface area contributed by atoms with E-state index in [-0.39, 0.29) is 0 Å². The van der Waals surface area contributed by atoms with Gasteiger partial charge in [0.05, 0.1) is 17.9 Å². The number of halogens is 1. The van der Waals surface area contributed by atoms with Crippen molar-refractivity contribution in [3.05, 3.63) is 70.9 Å². The largest absolute Gasteiger partial charge is 0.357 e. The SMILES string of the molecule is C=Nc1ccc2c(c1)C(c1ccccc1Cl)=NCC(=C)N2. The van der Waals surface area contributed by atoms with Crippen molar-refractivity contribution in [1.82, 2.24) is 0 Å². The normalized spacial score (nSPS) is 13.8. The Balaban J connectivity index is 2.24. The average molecular weight is 296 g/mol. The van der Waals surface area contributed by atoms with E-state index in [0.717, 1.165) is 33.9 Å². The van der Waals surface area contributed by atoms with Gasteiger partial charge in [0.25, 0.3) is 0 Å². The summed E-state index contributed by atoms with van der Waals surface area (Å²) in [4.78, 5) is 8.65. The lowest BCUT2D eigenvalue weighted by atomic mass is 10.00. The third-order valence-electron chi connectivity index (χ3n) is 3.31. The average Bonchev–Trinajstić information content (AvgIpc) is 2.65. The van der Waals surface area contributed by atoms with Gasteiger partial charge in [-0.05, 0) is 31.0 Å². The second-order valence-electron chi connectivity index (χ2n) is 4.76. The van der Waals surface area contributed by atoms with E-state index in [1.807, 2.05) is 42.5 Å². The molecule has 104 valence electrons. The molecule has 0 aromatic heterocycles. The fourth-order valence-corrected chi connectivity index (χ4v) is 2.53. The van der Waals surface area contributed by atoms with Gasteiger partial charge in [0.15, 0.2) is 0 Å².